The minimum atomic E-state index is 0.672. The second kappa shape index (κ2) is 3.77. The van der Waals surface area contributed by atoms with E-state index in [-0.39, 0.29) is 0 Å². The van der Waals surface area contributed by atoms with E-state index in [0.29, 0.717) is 5.76 Å². The van der Waals surface area contributed by atoms with Crippen LogP contribution in [0.3, 0.4) is 0 Å². The van der Waals surface area contributed by atoms with Gasteiger partial charge in [-0.2, -0.15) is 0 Å². The topological polar surface area (TPSA) is 9.23 Å². The number of rotatable bonds is 3. The molecule has 1 nitrogen and oxygen atoms in total. The molecule has 0 heterocycles. The van der Waals surface area contributed by atoms with Crippen LogP contribution in [0.15, 0.2) is 37.4 Å². The van der Waals surface area contributed by atoms with Crippen molar-refractivity contribution in [3.05, 3.63) is 48.6 Å². The van der Waals surface area contributed by atoms with Crippen molar-refractivity contribution in [2.24, 2.45) is 0 Å². The van der Waals surface area contributed by atoms with Gasteiger partial charge >= 0.3 is 0 Å². The van der Waals surface area contributed by atoms with Crippen LogP contribution in [0.5, 0.6) is 0 Å². The summed E-state index contributed by atoms with van der Waals surface area (Å²) in [4.78, 5) is 0. The van der Waals surface area contributed by atoms with Gasteiger partial charge in [0.1, 0.15) is 5.76 Å². The fourth-order valence-electron chi connectivity index (χ4n) is 1.04. The molecule has 0 bridgehead atoms. The van der Waals surface area contributed by atoms with Crippen LogP contribution in [0.1, 0.15) is 11.1 Å². The van der Waals surface area contributed by atoms with Gasteiger partial charge in [-0.3, -0.25) is 0 Å². The van der Waals surface area contributed by atoms with E-state index in [2.05, 4.69) is 13.2 Å². The molecule has 0 atom stereocenters. The Bertz CT molecular complexity index is 300. The molecule has 1 aromatic rings. The van der Waals surface area contributed by atoms with Crippen molar-refractivity contribution in [3.63, 3.8) is 0 Å². The lowest BCUT2D eigenvalue weighted by molar-refractivity contribution is 0.371. The molecular formula is C11H12O. The molecule has 12 heavy (non-hydrogen) atoms. The Morgan fingerprint density at radius 3 is 2.67 bits per heavy atom. The Labute approximate surface area is 73.0 Å². The van der Waals surface area contributed by atoms with Crippen molar-refractivity contribution < 1.29 is 4.74 Å². The number of methoxy groups -OCH3 is 1. The maximum absolute atomic E-state index is 5.04. The first-order chi connectivity index (χ1) is 5.79. The van der Waals surface area contributed by atoms with Gasteiger partial charge in [-0.05, 0) is 5.56 Å². The molecule has 1 rings (SSSR count). The maximum Gasteiger partial charge on any atom is 0.119 e. The van der Waals surface area contributed by atoms with E-state index >= 15 is 0 Å². The Morgan fingerprint density at radius 2 is 2.08 bits per heavy atom. The largest absolute Gasteiger partial charge is 0.497 e. The average molecular weight is 160 g/mol. The molecule has 0 aliphatic carbocycles. The second-order valence-corrected chi connectivity index (χ2v) is 2.42. The summed E-state index contributed by atoms with van der Waals surface area (Å²) in [6.45, 7) is 7.49. The number of benzene rings is 1. The monoisotopic (exact) mass is 160 g/mol. The van der Waals surface area contributed by atoms with Gasteiger partial charge in [0.2, 0.25) is 0 Å². The van der Waals surface area contributed by atoms with Gasteiger partial charge in [0.05, 0.1) is 7.11 Å². The van der Waals surface area contributed by atoms with Gasteiger partial charge in [-0.25, -0.2) is 0 Å². The van der Waals surface area contributed by atoms with E-state index in [1.807, 2.05) is 24.3 Å². The first-order valence-electron chi connectivity index (χ1n) is 3.74. The molecule has 0 radical (unpaired) electrons. The Hall–Kier alpha value is -1.50. The summed E-state index contributed by atoms with van der Waals surface area (Å²) in [6.07, 6.45) is 1.79. The molecule has 0 aromatic heterocycles. The SMILES string of the molecule is C=Cc1ccccc1C(=C)OC. The van der Waals surface area contributed by atoms with Gasteiger partial charge in [-0.15, -0.1) is 0 Å². The molecule has 0 saturated carbocycles. The van der Waals surface area contributed by atoms with Crippen LogP contribution in [-0.2, 0) is 4.74 Å². The molecular weight excluding hydrogens is 148 g/mol. The van der Waals surface area contributed by atoms with Crippen LogP contribution in [0.4, 0.5) is 0 Å². The minimum absolute atomic E-state index is 0.672. The normalized spacial score (nSPS) is 9.08. The predicted molar refractivity (Wildman–Crippen MR) is 52.6 cm³/mol. The van der Waals surface area contributed by atoms with E-state index < -0.39 is 0 Å². The first kappa shape index (κ1) is 8.60. The average Bonchev–Trinajstić information content (AvgIpc) is 2.16. The third kappa shape index (κ3) is 1.56. The lowest BCUT2D eigenvalue weighted by atomic mass is 10.1. The molecule has 0 fully saturated rings. The summed E-state index contributed by atoms with van der Waals surface area (Å²) in [5.41, 5.74) is 2.04. The van der Waals surface area contributed by atoms with Gasteiger partial charge in [-0.1, -0.05) is 43.5 Å². The molecule has 0 N–H and O–H groups in total. The van der Waals surface area contributed by atoms with Gasteiger partial charge in [0, 0.05) is 5.56 Å². The lowest BCUT2D eigenvalue weighted by Gasteiger charge is -2.06. The van der Waals surface area contributed by atoms with Gasteiger partial charge < -0.3 is 4.74 Å². The summed E-state index contributed by atoms with van der Waals surface area (Å²) < 4.78 is 5.04. The first-order valence-corrected chi connectivity index (χ1v) is 3.74. The Kier molecular flexibility index (Phi) is 2.70. The highest BCUT2D eigenvalue weighted by atomic mass is 16.5. The summed E-state index contributed by atoms with van der Waals surface area (Å²) in [5.74, 6) is 0.672. The Balaban J connectivity index is 3.13. The van der Waals surface area contributed by atoms with Crippen molar-refractivity contribution in [1.29, 1.82) is 0 Å². The highest BCUT2D eigenvalue weighted by Gasteiger charge is 2.00. The number of ether oxygens (including phenoxy) is 1. The smallest absolute Gasteiger partial charge is 0.119 e. The van der Waals surface area contributed by atoms with Gasteiger partial charge in [0.25, 0.3) is 0 Å². The summed E-state index contributed by atoms with van der Waals surface area (Å²) in [6, 6.07) is 7.85. The third-order valence-electron chi connectivity index (χ3n) is 1.73. The second-order valence-electron chi connectivity index (χ2n) is 2.42. The van der Waals surface area contributed by atoms with E-state index in [4.69, 9.17) is 4.74 Å². The minimum Gasteiger partial charge on any atom is -0.497 e. The van der Waals surface area contributed by atoms with E-state index in [1.54, 1.807) is 13.2 Å². The van der Waals surface area contributed by atoms with Crippen LogP contribution in [0.25, 0.3) is 11.8 Å². The van der Waals surface area contributed by atoms with Crippen molar-refractivity contribution >= 4 is 11.8 Å². The van der Waals surface area contributed by atoms with Crippen LogP contribution in [0.2, 0.25) is 0 Å². The zero-order valence-electron chi connectivity index (χ0n) is 7.21. The summed E-state index contributed by atoms with van der Waals surface area (Å²) in [7, 11) is 1.61. The van der Waals surface area contributed by atoms with Crippen molar-refractivity contribution in [1.82, 2.24) is 0 Å². The highest BCUT2D eigenvalue weighted by Crippen LogP contribution is 2.18. The lowest BCUT2D eigenvalue weighted by Crippen LogP contribution is -1.88. The molecule has 0 unspecified atom stereocenters. The third-order valence-corrected chi connectivity index (χ3v) is 1.73. The summed E-state index contributed by atoms with van der Waals surface area (Å²) >= 11 is 0. The molecule has 0 saturated heterocycles. The molecule has 62 valence electrons. The zero-order valence-corrected chi connectivity index (χ0v) is 7.21. The number of hydrogen-bond acceptors (Lipinski definition) is 1. The van der Waals surface area contributed by atoms with Crippen LogP contribution in [0, 0.1) is 0 Å². The fourth-order valence-corrected chi connectivity index (χ4v) is 1.04. The van der Waals surface area contributed by atoms with E-state index in [0.717, 1.165) is 11.1 Å². The fraction of sp³-hybridized carbons (Fsp3) is 0.0909. The molecule has 0 aliphatic rings. The Morgan fingerprint density at radius 1 is 1.42 bits per heavy atom. The molecule has 0 spiro atoms. The zero-order chi connectivity index (χ0) is 8.97. The van der Waals surface area contributed by atoms with E-state index in [1.165, 1.54) is 0 Å². The van der Waals surface area contributed by atoms with Crippen molar-refractivity contribution in [3.8, 4) is 0 Å². The molecule has 0 amide bonds. The molecule has 1 heteroatoms. The predicted octanol–water partition coefficient (Wildman–Crippen LogP) is 2.95. The molecule has 0 aliphatic heterocycles. The quantitative estimate of drug-likeness (QED) is 0.618. The number of hydrogen-bond donors (Lipinski definition) is 0. The van der Waals surface area contributed by atoms with Crippen LogP contribution in [-0.4, -0.2) is 7.11 Å². The molecule has 1 aromatic carbocycles. The van der Waals surface area contributed by atoms with Crippen molar-refractivity contribution in [2.75, 3.05) is 7.11 Å². The maximum atomic E-state index is 5.04. The van der Waals surface area contributed by atoms with E-state index in [9.17, 15) is 0 Å². The highest BCUT2D eigenvalue weighted by molar-refractivity contribution is 5.68. The van der Waals surface area contributed by atoms with Crippen molar-refractivity contribution in [2.45, 2.75) is 0 Å². The summed E-state index contributed by atoms with van der Waals surface area (Å²) in [5, 5.41) is 0. The van der Waals surface area contributed by atoms with Crippen LogP contribution >= 0.6 is 0 Å². The van der Waals surface area contributed by atoms with Crippen LogP contribution < -0.4 is 0 Å². The van der Waals surface area contributed by atoms with Gasteiger partial charge in [0.15, 0.2) is 0 Å². The standard InChI is InChI=1S/C11H12O/c1-4-10-7-5-6-8-11(10)9(2)12-3/h4-8H,1-2H2,3H3.